The standard InChI is InChI=1S/C27H33Cl2O4P.Na/c1-26(9-5-3-6-10-26)22-16-20(28)14-18-13-19-15-21(29)17-23(27(2)11-7-4-8-12-27)25(19)33-34(30,31)32-24(18)22;/h14-17H,3-13H2,1-2H3,(H,30,31);/q;+1/p-1. The van der Waals surface area contributed by atoms with E-state index in [0.717, 1.165) is 73.6 Å². The van der Waals surface area contributed by atoms with Crippen molar-refractivity contribution in [1.29, 1.82) is 0 Å². The largest absolute Gasteiger partial charge is 1.00 e. The molecule has 0 saturated heterocycles. The van der Waals surface area contributed by atoms with E-state index in [-0.39, 0.29) is 40.4 Å². The summed E-state index contributed by atoms with van der Waals surface area (Å²) in [5.74, 6) is 0.756. The van der Waals surface area contributed by atoms with E-state index in [4.69, 9.17) is 32.2 Å². The zero-order valence-electron chi connectivity index (χ0n) is 20.9. The number of phosphoric ester groups is 1. The second kappa shape index (κ2) is 10.5. The smallest absolute Gasteiger partial charge is 0.736 e. The zero-order chi connectivity index (χ0) is 24.1. The Kier molecular flexibility index (Phi) is 8.37. The Morgan fingerprint density at radius 1 is 0.743 bits per heavy atom. The van der Waals surface area contributed by atoms with E-state index >= 15 is 0 Å². The molecule has 35 heavy (non-hydrogen) atoms. The van der Waals surface area contributed by atoms with Crippen LogP contribution in [0.2, 0.25) is 10.0 Å². The molecule has 0 bridgehead atoms. The van der Waals surface area contributed by atoms with Crippen LogP contribution < -0.4 is 43.5 Å². The van der Waals surface area contributed by atoms with Gasteiger partial charge in [-0.15, -0.1) is 0 Å². The molecule has 0 radical (unpaired) electrons. The normalized spacial score (nSPS) is 22.2. The molecule has 8 heteroatoms. The van der Waals surface area contributed by atoms with Crippen LogP contribution >= 0.6 is 31.0 Å². The molecule has 1 heterocycles. The molecule has 2 aliphatic carbocycles. The van der Waals surface area contributed by atoms with E-state index in [0.29, 0.717) is 28.0 Å². The summed E-state index contributed by atoms with van der Waals surface area (Å²) in [4.78, 5) is 13.3. The fraction of sp³-hybridized carbons (Fsp3) is 0.556. The van der Waals surface area contributed by atoms with Crippen molar-refractivity contribution in [1.82, 2.24) is 0 Å². The predicted molar refractivity (Wildman–Crippen MR) is 135 cm³/mol. The summed E-state index contributed by atoms with van der Waals surface area (Å²) in [6.07, 6.45) is 11.1. The predicted octanol–water partition coefficient (Wildman–Crippen LogP) is 5.27. The number of benzene rings is 2. The first-order valence-corrected chi connectivity index (χ1v) is 14.7. The van der Waals surface area contributed by atoms with Gasteiger partial charge in [0.25, 0.3) is 0 Å². The van der Waals surface area contributed by atoms with Crippen molar-refractivity contribution in [3.63, 3.8) is 0 Å². The third-order valence-corrected chi connectivity index (χ3v) is 9.51. The third kappa shape index (κ3) is 5.65. The fourth-order valence-corrected chi connectivity index (χ4v) is 7.72. The second-order valence-corrected chi connectivity index (χ2v) is 13.1. The van der Waals surface area contributed by atoms with Gasteiger partial charge in [0.15, 0.2) is 0 Å². The first kappa shape index (κ1) is 27.8. The molecule has 0 spiro atoms. The van der Waals surface area contributed by atoms with Crippen molar-refractivity contribution < 1.29 is 48.1 Å². The van der Waals surface area contributed by atoms with Gasteiger partial charge in [-0.3, -0.25) is 0 Å². The average molecular weight is 545 g/mol. The van der Waals surface area contributed by atoms with Crippen LogP contribution in [0, 0.1) is 0 Å². The Bertz CT molecular complexity index is 1070. The van der Waals surface area contributed by atoms with Crippen molar-refractivity contribution in [2.75, 3.05) is 0 Å². The van der Waals surface area contributed by atoms with Gasteiger partial charge in [0.2, 0.25) is 0 Å². The van der Waals surface area contributed by atoms with E-state index in [1.165, 1.54) is 12.8 Å². The maximum Gasteiger partial charge on any atom is 1.00 e. The van der Waals surface area contributed by atoms with E-state index < -0.39 is 7.82 Å². The topological polar surface area (TPSA) is 58.6 Å². The van der Waals surface area contributed by atoms with Gasteiger partial charge in [-0.1, -0.05) is 75.6 Å². The van der Waals surface area contributed by atoms with Gasteiger partial charge in [0, 0.05) is 38.7 Å². The van der Waals surface area contributed by atoms with Gasteiger partial charge < -0.3 is 13.9 Å². The molecule has 2 saturated carbocycles. The molecule has 0 amide bonds. The molecule has 2 aromatic carbocycles. The van der Waals surface area contributed by atoms with Gasteiger partial charge in [0.05, 0.1) is 0 Å². The maximum absolute atomic E-state index is 13.3. The van der Waals surface area contributed by atoms with Gasteiger partial charge in [0.1, 0.15) is 11.5 Å². The van der Waals surface area contributed by atoms with Crippen LogP contribution in [-0.2, 0) is 21.8 Å². The van der Waals surface area contributed by atoms with Crippen LogP contribution in [0.15, 0.2) is 24.3 Å². The SMILES string of the molecule is CC1(c2cc(Cl)cc3c2OP(=O)([O-])Oc2c(cc(Cl)cc2C2(C)CCCCC2)C3)CCCCC1.[Na+]. The van der Waals surface area contributed by atoms with Crippen LogP contribution in [-0.4, -0.2) is 0 Å². The third-order valence-electron chi connectivity index (χ3n) is 8.26. The van der Waals surface area contributed by atoms with Crippen molar-refractivity contribution >= 4 is 31.0 Å². The number of rotatable bonds is 2. The Morgan fingerprint density at radius 3 is 1.49 bits per heavy atom. The van der Waals surface area contributed by atoms with Crippen LogP contribution in [0.25, 0.3) is 0 Å². The van der Waals surface area contributed by atoms with Crippen LogP contribution in [0.1, 0.15) is 100 Å². The van der Waals surface area contributed by atoms with E-state index in [2.05, 4.69) is 13.8 Å². The van der Waals surface area contributed by atoms with Gasteiger partial charge in [-0.25, -0.2) is 4.57 Å². The van der Waals surface area contributed by atoms with Crippen molar-refractivity contribution in [2.45, 2.75) is 95.3 Å². The van der Waals surface area contributed by atoms with Crippen molar-refractivity contribution in [2.24, 2.45) is 0 Å². The Hall–Kier alpha value is -0.190. The average Bonchev–Trinajstić information content (AvgIpc) is 2.77. The number of hydrogen-bond acceptors (Lipinski definition) is 4. The monoisotopic (exact) mass is 544 g/mol. The summed E-state index contributed by atoms with van der Waals surface area (Å²) in [7, 11) is -4.70. The Morgan fingerprint density at radius 2 is 1.11 bits per heavy atom. The van der Waals surface area contributed by atoms with Crippen LogP contribution in [0.5, 0.6) is 11.5 Å². The molecule has 0 aromatic heterocycles. The minimum Gasteiger partial charge on any atom is -0.736 e. The molecule has 0 atom stereocenters. The Labute approximate surface area is 241 Å². The first-order chi connectivity index (χ1) is 16.1. The number of phosphoric acid groups is 1. The summed E-state index contributed by atoms with van der Waals surface area (Å²) >= 11 is 13.2. The quantitative estimate of drug-likeness (QED) is 0.381. The van der Waals surface area contributed by atoms with Gasteiger partial charge >= 0.3 is 37.4 Å². The van der Waals surface area contributed by atoms with Crippen molar-refractivity contribution in [3.8, 4) is 11.5 Å². The number of hydrogen-bond donors (Lipinski definition) is 0. The molecule has 1 aliphatic heterocycles. The van der Waals surface area contributed by atoms with Crippen LogP contribution in [0.3, 0.4) is 0 Å². The molecule has 5 rings (SSSR count). The minimum absolute atomic E-state index is 0. The molecular weight excluding hydrogens is 513 g/mol. The Balaban J connectivity index is 0.00000289. The first-order valence-electron chi connectivity index (χ1n) is 12.4. The van der Waals surface area contributed by atoms with Crippen LogP contribution in [0.4, 0.5) is 0 Å². The molecule has 2 aromatic rings. The summed E-state index contributed by atoms with van der Waals surface area (Å²) in [6, 6.07) is 7.40. The molecule has 0 unspecified atom stereocenters. The number of halogens is 2. The minimum atomic E-state index is -4.70. The van der Waals surface area contributed by atoms with Crippen molar-refractivity contribution in [3.05, 3.63) is 56.6 Å². The van der Waals surface area contributed by atoms with E-state index in [9.17, 15) is 9.46 Å². The van der Waals surface area contributed by atoms with E-state index in [1.807, 2.05) is 24.3 Å². The van der Waals surface area contributed by atoms with E-state index in [1.54, 1.807) is 0 Å². The number of fused-ring (bicyclic) bond motifs is 2. The molecule has 4 nitrogen and oxygen atoms in total. The summed E-state index contributed by atoms with van der Waals surface area (Å²) < 4.78 is 24.9. The molecule has 0 N–H and O–H groups in total. The fourth-order valence-electron chi connectivity index (χ4n) is 6.33. The summed E-state index contributed by atoms with van der Waals surface area (Å²) in [5.41, 5.74) is 2.86. The molecule has 3 aliphatic rings. The molecule has 2 fully saturated rings. The molecular formula is C27H32Cl2NaO4P. The summed E-state index contributed by atoms with van der Waals surface area (Å²) in [5, 5.41) is 1.18. The van der Waals surface area contributed by atoms with Gasteiger partial charge in [-0.05, 0) is 60.8 Å². The second-order valence-electron chi connectivity index (χ2n) is 10.9. The summed E-state index contributed by atoms with van der Waals surface area (Å²) in [6.45, 7) is 4.37. The van der Waals surface area contributed by atoms with Gasteiger partial charge in [-0.2, -0.15) is 0 Å². The maximum atomic E-state index is 13.3. The zero-order valence-corrected chi connectivity index (χ0v) is 25.3. The molecule has 184 valence electrons.